The van der Waals surface area contributed by atoms with Crippen LogP contribution in [0.2, 0.25) is 0 Å². The Kier molecular flexibility index (Phi) is 10.2. The molecule has 0 atom stereocenters. The van der Waals surface area contributed by atoms with Crippen molar-refractivity contribution in [1.82, 2.24) is 14.7 Å². The summed E-state index contributed by atoms with van der Waals surface area (Å²) in [5, 5.41) is 9.54. The van der Waals surface area contributed by atoms with Gasteiger partial charge in [0.25, 0.3) is 0 Å². The number of benzene rings is 2. The van der Waals surface area contributed by atoms with E-state index in [4.69, 9.17) is 0 Å². The average molecular weight is 612 g/mol. The number of urea groups is 1. The molecule has 0 bridgehead atoms. The van der Waals surface area contributed by atoms with E-state index in [2.05, 4.69) is 15.7 Å². The molecule has 1 heterocycles. The first-order valence-electron chi connectivity index (χ1n) is 13.7. The molecule has 1 aromatic heterocycles. The molecule has 0 radical (unpaired) electrons. The summed E-state index contributed by atoms with van der Waals surface area (Å²) in [5.41, 5.74) is -1.84. The van der Waals surface area contributed by atoms with Gasteiger partial charge in [0, 0.05) is 23.7 Å². The summed E-state index contributed by atoms with van der Waals surface area (Å²) in [4.78, 5) is 27.4. The highest BCUT2D eigenvalue weighted by Crippen LogP contribution is 2.37. The minimum atomic E-state index is -5.08. The van der Waals surface area contributed by atoms with Gasteiger partial charge in [0.2, 0.25) is 5.91 Å². The first-order chi connectivity index (χ1) is 19.9. The Bertz CT molecular complexity index is 1410. The van der Waals surface area contributed by atoms with E-state index in [1.54, 1.807) is 10.7 Å². The SMILES string of the molecule is CCCCCN(CC(=O)Nc1cc(C(C)(C)C)nn1-c1cccc(C)c1)C(=O)Nc1cc(C(F)(F)F)cc(C(F)(F)F)c1. The van der Waals surface area contributed by atoms with E-state index < -0.39 is 47.6 Å². The molecule has 3 rings (SSSR count). The van der Waals surface area contributed by atoms with Crippen molar-refractivity contribution in [1.29, 1.82) is 0 Å². The number of halogens is 6. The van der Waals surface area contributed by atoms with Crippen molar-refractivity contribution >= 4 is 23.4 Å². The summed E-state index contributed by atoms with van der Waals surface area (Å²) in [6.45, 7) is 9.23. The number of amides is 3. The van der Waals surface area contributed by atoms with Crippen LogP contribution in [0.5, 0.6) is 0 Å². The molecule has 43 heavy (non-hydrogen) atoms. The summed E-state index contributed by atoms with van der Waals surface area (Å²) in [7, 11) is 0. The lowest BCUT2D eigenvalue weighted by Gasteiger charge is -2.23. The second-order valence-electron chi connectivity index (χ2n) is 11.3. The predicted octanol–water partition coefficient (Wildman–Crippen LogP) is 8.18. The third-order valence-electron chi connectivity index (χ3n) is 6.48. The minimum absolute atomic E-state index is 0.0225. The molecule has 0 aliphatic rings. The monoisotopic (exact) mass is 611 g/mol. The molecule has 0 fully saturated rings. The fourth-order valence-electron chi connectivity index (χ4n) is 4.18. The van der Waals surface area contributed by atoms with Gasteiger partial charge in [-0.25, -0.2) is 9.48 Å². The molecule has 3 aromatic rings. The van der Waals surface area contributed by atoms with Crippen molar-refractivity contribution in [2.75, 3.05) is 23.7 Å². The Morgan fingerprint density at radius 3 is 2.05 bits per heavy atom. The van der Waals surface area contributed by atoms with Crippen LogP contribution < -0.4 is 10.6 Å². The Morgan fingerprint density at radius 1 is 0.884 bits per heavy atom. The molecule has 0 aliphatic carbocycles. The Hall–Kier alpha value is -4.03. The average Bonchev–Trinajstić information content (AvgIpc) is 3.31. The molecule has 13 heteroatoms. The topological polar surface area (TPSA) is 79.3 Å². The van der Waals surface area contributed by atoms with E-state index in [9.17, 15) is 35.9 Å². The molecule has 0 aliphatic heterocycles. The van der Waals surface area contributed by atoms with Crippen LogP contribution >= 0.6 is 0 Å². The van der Waals surface area contributed by atoms with Crippen molar-refractivity contribution in [2.45, 2.75) is 71.6 Å². The number of aromatic nitrogens is 2. The number of nitrogens with zero attached hydrogens (tertiary/aromatic N) is 3. The standard InChI is InChI=1S/C30H35F6N5O2/c1-6-7-8-12-40(27(43)37-22-15-20(29(31,32)33)14-21(16-22)30(34,35)36)18-26(42)38-25-17-24(28(3,4)5)39-41(25)23-11-9-10-19(2)13-23/h9-11,13-17H,6-8,12,18H2,1-5H3,(H,37,43)(H,38,42). The van der Waals surface area contributed by atoms with Gasteiger partial charge in [-0.1, -0.05) is 52.7 Å². The first-order valence-corrected chi connectivity index (χ1v) is 13.7. The van der Waals surface area contributed by atoms with E-state index in [0.29, 0.717) is 42.2 Å². The van der Waals surface area contributed by atoms with E-state index in [1.165, 1.54) is 0 Å². The van der Waals surface area contributed by atoms with Crippen LogP contribution in [0.3, 0.4) is 0 Å². The number of alkyl halides is 6. The van der Waals surface area contributed by atoms with Crippen LogP contribution in [-0.4, -0.2) is 39.7 Å². The summed E-state index contributed by atoms with van der Waals surface area (Å²) in [6, 6.07) is 8.96. The van der Waals surface area contributed by atoms with Crippen LogP contribution in [0.1, 0.15) is 69.3 Å². The van der Waals surface area contributed by atoms with Crippen LogP contribution in [-0.2, 0) is 22.6 Å². The minimum Gasteiger partial charge on any atom is -0.315 e. The molecule has 2 N–H and O–H groups in total. The van der Waals surface area contributed by atoms with Crippen molar-refractivity contribution in [3.63, 3.8) is 0 Å². The summed E-state index contributed by atoms with van der Waals surface area (Å²) in [5.74, 6) is -0.289. The number of unbranched alkanes of at least 4 members (excludes halogenated alkanes) is 2. The lowest BCUT2D eigenvalue weighted by Crippen LogP contribution is -2.41. The highest BCUT2D eigenvalue weighted by molar-refractivity contribution is 5.97. The first kappa shape index (κ1) is 33.5. The smallest absolute Gasteiger partial charge is 0.315 e. The predicted molar refractivity (Wildman–Crippen MR) is 152 cm³/mol. The zero-order valence-corrected chi connectivity index (χ0v) is 24.6. The highest BCUT2D eigenvalue weighted by Gasteiger charge is 2.37. The zero-order chi connectivity index (χ0) is 32.2. The number of hydrogen-bond donors (Lipinski definition) is 2. The molecule has 0 saturated carbocycles. The van der Waals surface area contributed by atoms with Crippen LogP contribution in [0.4, 0.5) is 42.6 Å². The molecule has 7 nitrogen and oxygen atoms in total. The molecule has 0 spiro atoms. The Balaban J connectivity index is 1.88. The van der Waals surface area contributed by atoms with Gasteiger partial charge in [0.1, 0.15) is 12.4 Å². The fraction of sp³-hybridized carbons (Fsp3) is 0.433. The van der Waals surface area contributed by atoms with Gasteiger partial charge in [-0.3, -0.25) is 4.79 Å². The van der Waals surface area contributed by atoms with Crippen molar-refractivity contribution < 1.29 is 35.9 Å². The zero-order valence-electron chi connectivity index (χ0n) is 24.6. The molecular weight excluding hydrogens is 576 g/mol. The number of hydrogen-bond acceptors (Lipinski definition) is 3. The number of rotatable bonds is 9. The van der Waals surface area contributed by atoms with Gasteiger partial charge in [-0.15, -0.1) is 0 Å². The summed E-state index contributed by atoms with van der Waals surface area (Å²) >= 11 is 0. The van der Waals surface area contributed by atoms with Gasteiger partial charge in [-0.2, -0.15) is 31.4 Å². The number of nitrogens with one attached hydrogen (secondary N) is 2. The van der Waals surface area contributed by atoms with Crippen LogP contribution in [0.15, 0.2) is 48.5 Å². The Labute approximate surface area is 246 Å². The third kappa shape index (κ3) is 9.23. The summed E-state index contributed by atoms with van der Waals surface area (Å²) in [6.07, 6.45) is -8.23. The number of aryl methyl sites for hydroxylation is 1. The maximum absolute atomic E-state index is 13.3. The lowest BCUT2D eigenvalue weighted by atomic mass is 9.92. The molecule has 0 saturated heterocycles. The second-order valence-corrected chi connectivity index (χ2v) is 11.3. The van der Waals surface area contributed by atoms with Crippen molar-refractivity contribution in [3.05, 3.63) is 70.9 Å². The van der Waals surface area contributed by atoms with Crippen LogP contribution in [0.25, 0.3) is 5.69 Å². The molecule has 0 unspecified atom stereocenters. The molecule has 234 valence electrons. The van der Waals surface area contributed by atoms with Gasteiger partial charge < -0.3 is 15.5 Å². The largest absolute Gasteiger partial charge is 0.416 e. The number of carbonyl (C=O) groups is 2. The van der Waals surface area contributed by atoms with E-state index >= 15 is 0 Å². The van der Waals surface area contributed by atoms with E-state index in [1.807, 2.05) is 58.9 Å². The quantitative estimate of drug-likeness (QED) is 0.189. The number of anilines is 2. The van der Waals surface area contributed by atoms with E-state index in [-0.39, 0.29) is 18.0 Å². The van der Waals surface area contributed by atoms with Crippen molar-refractivity contribution in [2.24, 2.45) is 0 Å². The van der Waals surface area contributed by atoms with E-state index in [0.717, 1.165) is 16.9 Å². The molecular formula is C30H35F6N5O2. The summed E-state index contributed by atoms with van der Waals surface area (Å²) < 4.78 is 81.5. The lowest BCUT2D eigenvalue weighted by molar-refractivity contribution is -0.143. The third-order valence-corrected chi connectivity index (χ3v) is 6.48. The fourth-order valence-corrected chi connectivity index (χ4v) is 4.18. The number of carbonyl (C=O) groups excluding carboxylic acids is 2. The van der Waals surface area contributed by atoms with Crippen LogP contribution in [0, 0.1) is 6.92 Å². The van der Waals surface area contributed by atoms with Crippen molar-refractivity contribution in [3.8, 4) is 5.69 Å². The maximum atomic E-state index is 13.3. The normalized spacial score (nSPS) is 12.3. The second kappa shape index (κ2) is 13.1. The maximum Gasteiger partial charge on any atom is 0.416 e. The molecule has 3 amide bonds. The van der Waals surface area contributed by atoms with Gasteiger partial charge in [0.05, 0.1) is 22.5 Å². The Morgan fingerprint density at radius 2 is 1.51 bits per heavy atom. The van der Waals surface area contributed by atoms with Gasteiger partial charge >= 0.3 is 18.4 Å². The molecule has 2 aromatic carbocycles. The van der Waals surface area contributed by atoms with Gasteiger partial charge in [-0.05, 0) is 49.2 Å². The van der Waals surface area contributed by atoms with Gasteiger partial charge in [0.15, 0.2) is 0 Å². The highest BCUT2D eigenvalue weighted by atomic mass is 19.4.